The smallest absolute Gasteiger partial charge is 0.310 e. The number of rotatable bonds is 7. The second-order valence-corrected chi connectivity index (χ2v) is 4.98. The fraction of sp³-hybridized carbons (Fsp3) is 0.833. The fourth-order valence-corrected chi connectivity index (χ4v) is 1.48. The van der Waals surface area contributed by atoms with Crippen LogP contribution in [0.4, 0.5) is 0 Å². The Labute approximate surface area is 103 Å². The third-order valence-electron chi connectivity index (χ3n) is 3.11. The molecule has 2 atom stereocenters. The van der Waals surface area contributed by atoms with Gasteiger partial charge in [-0.05, 0) is 19.8 Å². The molecule has 0 aliphatic carbocycles. The molecule has 0 saturated carbocycles. The maximum absolute atomic E-state index is 11.7. The maximum Gasteiger partial charge on any atom is 0.310 e. The third-order valence-corrected chi connectivity index (χ3v) is 3.11. The lowest BCUT2D eigenvalue weighted by atomic mass is 9.76. The van der Waals surface area contributed by atoms with E-state index in [2.05, 4.69) is 5.32 Å². The minimum absolute atomic E-state index is 0.0198. The summed E-state index contributed by atoms with van der Waals surface area (Å²) in [5.41, 5.74) is -1.03. The summed E-state index contributed by atoms with van der Waals surface area (Å²) in [6.45, 7) is 7.44. The lowest BCUT2D eigenvalue weighted by molar-refractivity contribution is -0.153. The number of hydrogen-bond donors (Lipinski definition) is 2. The van der Waals surface area contributed by atoms with E-state index in [1.165, 1.54) is 0 Å². The number of ether oxygens (including phenoxy) is 1. The molecule has 0 fully saturated rings. The molecular weight excluding hydrogens is 222 g/mol. The first kappa shape index (κ1) is 15.9. The SMILES string of the molecule is COCC(C)NC(=O)CC(C)(C(=O)O)C(C)C. The fourth-order valence-electron chi connectivity index (χ4n) is 1.48. The van der Waals surface area contributed by atoms with Crippen LogP contribution >= 0.6 is 0 Å². The van der Waals surface area contributed by atoms with Gasteiger partial charge in [0.15, 0.2) is 0 Å². The largest absolute Gasteiger partial charge is 0.481 e. The minimum atomic E-state index is -1.03. The van der Waals surface area contributed by atoms with Crippen molar-refractivity contribution in [2.75, 3.05) is 13.7 Å². The van der Waals surface area contributed by atoms with Crippen LogP contribution in [0.3, 0.4) is 0 Å². The van der Waals surface area contributed by atoms with Crippen LogP contribution in [-0.4, -0.2) is 36.7 Å². The first-order valence-corrected chi connectivity index (χ1v) is 5.75. The lowest BCUT2D eigenvalue weighted by Crippen LogP contribution is -2.42. The Hall–Kier alpha value is -1.10. The molecule has 0 aliphatic rings. The van der Waals surface area contributed by atoms with Crippen LogP contribution in [-0.2, 0) is 14.3 Å². The van der Waals surface area contributed by atoms with Crippen molar-refractivity contribution in [3.05, 3.63) is 0 Å². The van der Waals surface area contributed by atoms with Gasteiger partial charge in [0.05, 0.1) is 12.0 Å². The summed E-state index contributed by atoms with van der Waals surface area (Å²) in [6, 6.07) is -0.113. The van der Waals surface area contributed by atoms with Crippen LogP contribution in [0.5, 0.6) is 0 Å². The van der Waals surface area contributed by atoms with E-state index >= 15 is 0 Å². The molecule has 0 aromatic carbocycles. The van der Waals surface area contributed by atoms with Gasteiger partial charge in [-0.1, -0.05) is 13.8 Å². The summed E-state index contributed by atoms with van der Waals surface area (Å²) in [4.78, 5) is 22.9. The minimum Gasteiger partial charge on any atom is -0.481 e. The molecular formula is C12H23NO4. The van der Waals surface area contributed by atoms with Gasteiger partial charge < -0.3 is 15.2 Å². The predicted octanol–water partition coefficient (Wildman–Crippen LogP) is 1.27. The Morgan fingerprint density at radius 3 is 2.24 bits per heavy atom. The maximum atomic E-state index is 11.7. The van der Waals surface area contributed by atoms with Crippen molar-refractivity contribution < 1.29 is 19.4 Å². The molecule has 0 bridgehead atoms. The third kappa shape index (κ3) is 4.73. The number of amides is 1. The van der Waals surface area contributed by atoms with Gasteiger partial charge in [-0.15, -0.1) is 0 Å². The Morgan fingerprint density at radius 1 is 1.35 bits per heavy atom. The second-order valence-electron chi connectivity index (χ2n) is 4.98. The molecule has 0 heterocycles. The highest BCUT2D eigenvalue weighted by Gasteiger charge is 2.38. The summed E-state index contributed by atoms with van der Waals surface area (Å²) >= 11 is 0. The van der Waals surface area contributed by atoms with Crippen molar-refractivity contribution >= 4 is 11.9 Å². The van der Waals surface area contributed by atoms with Crippen LogP contribution < -0.4 is 5.32 Å². The van der Waals surface area contributed by atoms with E-state index in [0.717, 1.165) is 0 Å². The zero-order valence-corrected chi connectivity index (χ0v) is 11.2. The standard InChI is InChI=1S/C12H23NO4/c1-8(2)12(4,11(15)16)6-10(14)13-9(3)7-17-5/h8-9H,6-7H2,1-5H3,(H,13,14)(H,15,16). The molecule has 5 nitrogen and oxygen atoms in total. The average molecular weight is 245 g/mol. The number of aliphatic carboxylic acids is 1. The van der Waals surface area contributed by atoms with E-state index in [0.29, 0.717) is 6.61 Å². The molecule has 0 saturated heterocycles. The van der Waals surface area contributed by atoms with Gasteiger partial charge in [-0.25, -0.2) is 0 Å². The molecule has 0 spiro atoms. The molecule has 5 heteroatoms. The van der Waals surface area contributed by atoms with E-state index < -0.39 is 11.4 Å². The van der Waals surface area contributed by atoms with Crippen LogP contribution in [0.15, 0.2) is 0 Å². The Kier molecular flexibility index (Phi) is 6.16. The van der Waals surface area contributed by atoms with Gasteiger partial charge in [-0.3, -0.25) is 9.59 Å². The molecule has 100 valence electrons. The zero-order valence-electron chi connectivity index (χ0n) is 11.2. The van der Waals surface area contributed by atoms with Crippen molar-refractivity contribution in [1.29, 1.82) is 0 Å². The number of nitrogens with one attached hydrogen (secondary N) is 1. The summed E-state index contributed by atoms with van der Waals surface area (Å²) in [6.07, 6.45) is -0.0198. The number of carboxylic acid groups (broad SMARTS) is 1. The van der Waals surface area contributed by atoms with E-state index in [4.69, 9.17) is 4.74 Å². The molecule has 17 heavy (non-hydrogen) atoms. The normalized spacial score (nSPS) is 16.4. The number of hydrogen-bond acceptors (Lipinski definition) is 3. The van der Waals surface area contributed by atoms with Crippen molar-refractivity contribution in [3.8, 4) is 0 Å². The van der Waals surface area contributed by atoms with Crippen molar-refractivity contribution in [1.82, 2.24) is 5.32 Å². The number of carbonyl (C=O) groups is 2. The Morgan fingerprint density at radius 2 is 1.88 bits per heavy atom. The molecule has 0 aromatic heterocycles. The first-order chi connectivity index (χ1) is 7.74. The predicted molar refractivity (Wildman–Crippen MR) is 64.7 cm³/mol. The summed E-state index contributed by atoms with van der Waals surface area (Å²) in [5, 5.41) is 11.9. The Bertz CT molecular complexity index is 278. The van der Waals surface area contributed by atoms with Crippen molar-refractivity contribution in [2.24, 2.45) is 11.3 Å². The topological polar surface area (TPSA) is 75.6 Å². The quantitative estimate of drug-likeness (QED) is 0.708. The number of carboxylic acids is 1. The monoisotopic (exact) mass is 245 g/mol. The number of methoxy groups -OCH3 is 1. The molecule has 2 N–H and O–H groups in total. The summed E-state index contributed by atoms with van der Waals surface area (Å²) < 4.78 is 4.90. The van der Waals surface area contributed by atoms with Gasteiger partial charge in [0.1, 0.15) is 0 Å². The van der Waals surface area contributed by atoms with Gasteiger partial charge >= 0.3 is 5.97 Å². The van der Waals surface area contributed by atoms with Crippen molar-refractivity contribution in [2.45, 2.75) is 40.2 Å². The molecule has 1 amide bonds. The van der Waals surface area contributed by atoms with Crippen LogP contribution in [0.2, 0.25) is 0 Å². The molecule has 0 aliphatic heterocycles. The molecule has 0 aromatic rings. The van der Waals surface area contributed by atoms with Crippen LogP contribution in [0.25, 0.3) is 0 Å². The highest BCUT2D eigenvalue weighted by atomic mass is 16.5. The van der Waals surface area contributed by atoms with E-state index in [-0.39, 0.29) is 24.3 Å². The zero-order chi connectivity index (χ0) is 13.6. The molecule has 0 radical (unpaired) electrons. The highest BCUT2D eigenvalue weighted by molar-refractivity contribution is 5.85. The lowest BCUT2D eigenvalue weighted by Gasteiger charge is -2.28. The van der Waals surface area contributed by atoms with Gasteiger partial charge in [0, 0.05) is 19.6 Å². The van der Waals surface area contributed by atoms with Gasteiger partial charge in [0.2, 0.25) is 5.91 Å². The average Bonchev–Trinajstić information content (AvgIpc) is 2.16. The number of carbonyl (C=O) groups excluding carboxylic acids is 1. The van der Waals surface area contributed by atoms with E-state index in [1.807, 2.05) is 6.92 Å². The van der Waals surface area contributed by atoms with Gasteiger partial charge in [-0.2, -0.15) is 0 Å². The summed E-state index contributed by atoms with van der Waals surface area (Å²) in [7, 11) is 1.55. The highest BCUT2D eigenvalue weighted by Crippen LogP contribution is 2.31. The first-order valence-electron chi connectivity index (χ1n) is 5.75. The van der Waals surface area contributed by atoms with E-state index in [9.17, 15) is 14.7 Å². The summed E-state index contributed by atoms with van der Waals surface area (Å²) in [5.74, 6) is -1.31. The second kappa shape index (κ2) is 6.59. The van der Waals surface area contributed by atoms with Crippen molar-refractivity contribution in [3.63, 3.8) is 0 Å². The van der Waals surface area contributed by atoms with Crippen LogP contribution in [0.1, 0.15) is 34.1 Å². The molecule has 0 rings (SSSR count). The van der Waals surface area contributed by atoms with E-state index in [1.54, 1.807) is 27.9 Å². The molecule has 2 unspecified atom stereocenters. The van der Waals surface area contributed by atoms with Crippen LogP contribution in [0, 0.1) is 11.3 Å². The van der Waals surface area contributed by atoms with Gasteiger partial charge in [0.25, 0.3) is 0 Å². The Balaban J connectivity index is 4.48.